The molecule has 34 heavy (non-hydrogen) atoms. The minimum Gasteiger partial charge on any atom is -0.372 e. The lowest BCUT2D eigenvalue weighted by Gasteiger charge is -2.41. The number of nitrogens with two attached hydrogens (primary N) is 1. The summed E-state index contributed by atoms with van der Waals surface area (Å²) in [5.74, 6) is -0.411. The third-order valence-electron chi connectivity index (χ3n) is 5.80. The lowest BCUT2D eigenvalue weighted by atomic mass is 9.92. The molecule has 1 aliphatic heterocycles. The molecule has 1 aliphatic rings. The molecule has 1 heterocycles. The van der Waals surface area contributed by atoms with Gasteiger partial charge in [0.2, 0.25) is 5.91 Å². The number of hydrogen-bond donors (Lipinski definition) is 1. The van der Waals surface area contributed by atoms with Crippen molar-refractivity contribution in [2.24, 2.45) is 5.73 Å². The van der Waals surface area contributed by atoms with E-state index in [-0.39, 0.29) is 24.1 Å². The second-order valence-electron chi connectivity index (χ2n) is 8.37. The van der Waals surface area contributed by atoms with Crippen molar-refractivity contribution in [1.29, 1.82) is 0 Å². The molecule has 1 saturated heterocycles. The SMILES string of the molecule is NC(=O)CCCN1CCC[C@H](OCc2cc(C(F)(F)F)cc(C(F)(F)F)c2)[C@@H]1c1ccccc1. The number of hydrogen-bond acceptors (Lipinski definition) is 3. The highest BCUT2D eigenvalue weighted by Crippen LogP contribution is 2.38. The number of ether oxygens (including phenoxy) is 1. The van der Waals surface area contributed by atoms with Crippen LogP contribution in [0.5, 0.6) is 0 Å². The van der Waals surface area contributed by atoms with Gasteiger partial charge < -0.3 is 10.5 Å². The van der Waals surface area contributed by atoms with E-state index in [0.717, 1.165) is 18.5 Å². The number of benzene rings is 2. The maximum Gasteiger partial charge on any atom is 0.416 e. The zero-order valence-electron chi connectivity index (χ0n) is 18.3. The van der Waals surface area contributed by atoms with Crippen molar-refractivity contribution in [2.45, 2.75) is 56.8 Å². The summed E-state index contributed by atoms with van der Waals surface area (Å²) in [5, 5.41) is 0. The van der Waals surface area contributed by atoms with E-state index in [9.17, 15) is 31.1 Å². The minimum atomic E-state index is -4.91. The van der Waals surface area contributed by atoms with Gasteiger partial charge in [0, 0.05) is 6.42 Å². The van der Waals surface area contributed by atoms with E-state index in [1.807, 2.05) is 30.3 Å². The minimum absolute atomic E-state index is 0.108. The number of carbonyl (C=O) groups is 1. The molecule has 0 aromatic heterocycles. The van der Waals surface area contributed by atoms with Gasteiger partial charge in [-0.05, 0) is 61.7 Å². The molecule has 2 aromatic rings. The number of piperidine rings is 1. The quantitative estimate of drug-likeness (QED) is 0.484. The first-order valence-corrected chi connectivity index (χ1v) is 10.9. The summed E-state index contributed by atoms with van der Waals surface area (Å²) >= 11 is 0. The summed E-state index contributed by atoms with van der Waals surface area (Å²) in [5.41, 5.74) is 3.24. The monoisotopic (exact) mass is 488 g/mol. The molecule has 186 valence electrons. The zero-order valence-corrected chi connectivity index (χ0v) is 18.3. The van der Waals surface area contributed by atoms with Gasteiger partial charge in [0.1, 0.15) is 0 Å². The second kappa shape index (κ2) is 10.8. The standard InChI is InChI=1S/C24H26F6N2O2/c25-23(26,27)18-12-16(13-19(14-18)24(28,29)30)15-34-20-8-4-10-32(11-5-9-21(31)33)22(20)17-6-2-1-3-7-17/h1-3,6-7,12-14,20,22H,4-5,8-11,15H2,(H2,31,33)/t20-,22-/m0/s1. The van der Waals surface area contributed by atoms with Crippen LogP contribution in [-0.2, 0) is 28.5 Å². The van der Waals surface area contributed by atoms with Crippen LogP contribution in [0.3, 0.4) is 0 Å². The van der Waals surface area contributed by atoms with E-state index in [0.29, 0.717) is 31.5 Å². The van der Waals surface area contributed by atoms with Crippen LogP contribution in [0.2, 0.25) is 0 Å². The van der Waals surface area contributed by atoms with Crippen molar-refractivity contribution in [2.75, 3.05) is 13.1 Å². The van der Waals surface area contributed by atoms with Crippen molar-refractivity contribution < 1.29 is 35.9 Å². The van der Waals surface area contributed by atoms with Gasteiger partial charge in [-0.1, -0.05) is 30.3 Å². The Morgan fingerprint density at radius 2 is 1.62 bits per heavy atom. The maximum atomic E-state index is 13.2. The molecule has 0 unspecified atom stereocenters. The van der Waals surface area contributed by atoms with Crippen LogP contribution in [0.15, 0.2) is 48.5 Å². The van der Waals surface area contributed by atoms with Gasteiger partial charge in [0.15, 0.2) is 0 Å². The summed E-state index contributed by atoms with van der Waals surface area (Å²) < 4.78 is 85.1. The number of rotatable bonds is 8. The third kappa shape index (κ3) is 6.96. The predicted molar refractivity (Wildman–Crippen MR) is 113 cm³/mol. The highest BCUT2D eigenvalue weighted by atomic mass is 19.4. The predicted octanol–water partition coefficient (Wildman–Crippen LogP) is 5.71. The first-order valence-electron chi connectivity index (χ1n) is 10.9. The number of nitrogens with zero attached hydrogens (tertiary/aromatic N) is 1. The van der Waals surface area contributed by atoms with Crippen LogP contribution in [-0.4, -0.2) is 30.0 Å². The summed E-state index contributed by atoms with van der Waals surface area (Å²) in [6.45, 7) is 0.889. The number of carbonyl (C=O) groups excluding carboxylic acids is 1. The van der Waals surface area contributed by atoms with E-state index < -0.39 is 42.1 Å². The van der Waals surface area contributed by atoms with E-state index in [1.165, 1.54) is 0 Å². The Kier molecular flexibility index (Phi) is 8.25. The molecule has 2 aromatic carbocycles. The van der Waals surface area contributed by atoms with Gasteiger partial charge in [-0.3, -0.25) is 9.69 Å². The lowest BCUT2D eigenvalue weighted by Crippen LogP contribution is -2.43. The van der Waals surface area contributed by atoms with Crippen LogP contribution in [0, 0.1) is 0 Å². The Bertz CT molecular complexity index is 930. The normalized spacial score (nSPS) is 19.8. The molecule has 2 atom stereocenters. The molecule has 1 amide bonds. The lowest BCUT2D eigenvalue weighted by molar-refractivity contribution is -0.143. The van der Waals surface area contributed by atoms with Crippen molar-refractivity contribution in [3.05, 3.63) is 70.8 Å². The van der Waals surface area contributed by atoms with Crippen molar-refractivity contribution in [1.82, 2.24) is 4.90 Å². The molecule has 0 bridgehead atoms. The molecule has 0 radical (unpaired) electrons. The zero-order chi connectivity index (χ0) is 24.9. The molecule has 0 spiro atoms. The Morgan fingerprint density at radius 3 is 2.18 bits per heavy atom. The van der Waals surface area contributed by atoms with E-state index in [4.69, 9.17) is 10.5 Å². The van der Waals surface area contributed by atoms with E-state index in [1.54, 1.807) is 0 Å². The fraction of sp³-hybridized carbons (Fsp3) is 0.458. The highest BCUT2D eigenvalue weighted by Gasteiger charge is 2.37. The fourth-order valence-electron chi connectivity index (χ4n) is 4.29. The molecule has 0 aliphatic carbocycles. The fourth-order valence-corrected chi connectivity index (χ4v) is 4.29. The number of halogens is 6. The van der Waals surface area contributed by atoms with Gasteiger partial charge in [0.05, 0.1) is 29.9 Å². The topological polar surface area (TPSA) is 55.6 Å². The number of amides is 1. The average molecular weight is 488 g/mol. The Labute approximate surface area is 193 Å². The maximum absolute atomic E-state index is 13.2. The number of likely N-dealkylation sites (tertiary alicyclic amines) is 1. The van der Waals surface area contributed by atoms with Crippen molar-refractivity contribution in [3.8, 4) is 0 Å². The molecular formula is C24H26F6N2O2. The van der Waals surface area contributed by atoms with Crippen LogP contribution in [0.25, 0.3) is 0 Å². The average Bonchev–Trinajstić information content (AvgIpc) is 2.76. The molecule has 1 fully saturated rings. The third-order valence-corrected chi connectivity index (χ3v) is 5.80. The van der Waals surface area contributed by atoms with Gasteiger partial charge in [-0.2, -0.15) is 26.3 Å². The van der Waals surface area contributed by atoms with E-state index in [2.05, 4.69) is 4.90 Å². The van der Waals surface area contributed by atoms with Crippen LogP contribution >= 0.6 is 0 Å². The first kappa shape index (κ1) is 26.0. The number of primary amides is 1. The summed E-state index contributed by atoms with van der Waals surface area (Å²) in [4.78, 5) is 13.3. The Morgan fingerprint density at radius 1 is 1.00 bits per heavy atom. The molecule has 0 saturated carbocycles. The Balaban J connectivity index is 1.83. The van der Waals surface area contributed by atoms with Gasteiger partial charge in [-0.25, -0.2) is 0 Å². The summed E-state index contributed by atoms with van der Waals surface area (Å²) in [7, 11) is 0. The molecule has 10 heteroatoms. The highest BCUT2D eigenvalue weighted by molar-refractivity contribution is 5.73. The molecule has 3 rings (SSSR count). The first-order chi connectivity index (χ1) is 15.9. The molecule has 2 N–H and O–H groups in total. The van der Waals surface area contributed by atoms with Crippen molar-refractivity contribution in [3.63, 3.8) is 0 Å². The van der Waals surface area contributed by atoms with Gasteiger partial charge in [0.25, 0.3) is 0 Å². The molecule has 4 nitrogen and oxygen atoms in total. The van der Waals surface area contributed by atoms with Crippen LogP contribution < -0.4 is 5.73 Å². The van der Waals surface area contributed by atoms with Crippen LogP contribution in [0.4, 0.5) is 26.3 Å². The summed E-state index contributed by atoms with van der Waals surface area (Å²) in [6.07, 6.45) is -8.19. The smallest absolute Gasteiger partial charge is 0.372 e. The van der Waals surface area contributed by atoms with Gasteiger partial charge in [-0.15, -0.1) is 0 Å². The summed E-state index contributed by atoms with van der Waals surface area (Å²) in [6, 6.07) is 10.6. The van der Waals surface area contributed by atoms with Crippen molar-refractivity contribution >= 4 is 5.91 Å². The van der Waals surface area contributed by atoms with E-state index >= 15 is 0 Å². The number of alkyl halides is 6. The second-order valence-corrected chi connectivity index (χ2v) is 8.37. The Hall–Kier alpha value is -2.59. The molecular weight excluding hydrogens is 462 g/mol. The van der Waals surface area contributed by atoms with Crippen LogP contribution in [0.1, 0.15) is 54.0 Å². The van der Waals surface area contributed by atoms with Gasteiger partial charge >= 0.3 is 12.4 Å². The largest absolute Gasteiger partial charge is 0.416 e.